The van der Waals surface area contributed by atoms with Gasteiger partial charge in [-0.2, -0.15) is 9.34 Å². The van der Waals surface area contributed by atoms with Crippen LogP contribution < -0.4 is 29.3 Å². The molecule has 0 unspecified atom stereocenters. The summed E-state index contributed by atoms with van der Waals surface area (Å²) in [5, 5.41) is 1.48. The van der Waals surface area contributed by atoms with Gasteiger partial charge < -0.3 is 33.5 Å². The van der Waals surface area contributed by atoms with E-state index in [4.69, 9.17) is 9.47 Å². The van der Waals surface area contributed by atoms with Gasteiger partial charge in [0, 0.05) is 0 Å². The zero-order valence-corrected chi connectivity index (χ0v) is 16.6. The van der Waals surface area contributed by atoms with Crippen molar-refractivity contribution in [2.24, 2.45) is 0 Å². The van der Waals surface area contributed by atoms with Crippen LogP contribution in [-0.4, -0.2) is 68.6 Å². The first-order chi connectivity index (χ1) is 10.2. The second-order valence-electron chi connectivity index (χ2n) is 5.88. The molecule has 4 nitrogen and oxygen atoms in total. The number of benzene rings is 1. The summed E-state index contributed by atoms with van der Waals surface area (Å²) in [6.45, 7) is 12.2. The first-order valence-corrected chi connectivity index (χ1v) is 9.95. The number of ether oxygens (including phenoxy) is 2. The summed E-state index contributed by atoms with van der Waals surface area (Å²) < 4.78 is 16.5. The molecule has 22 heavy (non-hydrogen) atoms. The molecule has 1 aromatic rings. The molecular formula is C16H26IN2O2P. The van der Waals surface area contributed by atoms with Gasteiger partial charge in [-0.3, -0.25) is 0 Å². The number of rotatable bonds is 3. The van der Waals surface area contributed by atoms with E-state index in [0.717, 1.165) is 52.6 Å². The van der Waals surface area contributed by atoms with E-state index in [2.05, 4.69) is 47.2 Å². The van der Waals surface area contributed by atoms with Crippen molar-refractivity contribution < 1.29 is 33.5 Å². The third-order valence-electron chi connectivity index (χ3n) is 4.60. The van der Waals surface area contributed by atoms with Crippen LogP contribution in [0.15, 0.2) is 24.3 Å². The van der Waals surface area contributed by atoms with Gasteiger partial charge in [-0.05, 0) is 19.1 Å². The fourth-order valence-corrected chi connectivity index (χ4v) is 6.83. The maximum Gasteiger partial charge on any atom is 0.183 e. The maximum absolute atomic E-state index is 5.57. The lowest BCUT2D eigenvalue weighted by molar-refractivity contribution is -0.00000593. The van der Waals surface area contributed by atoms with E-state index >= 15 is 0 Å². The third-order valence-corrected chi connectivity index (χ3v) is 8.88. The second-order valence-corrected chi connectivity index (χ2v) is 9.35. The molecule has 6 heteroatoms. The molecule has 0 bridgehead atoms. The topological polar surface area (TPSA) is 24.9 Å². The predicted octanol–water partition coefficient (Wildman–Crippen LogP) is -1.23. The van der Waals surface area contributed by atoms with Crippen molar-refractivity contribution in [2.75, 3.05) is 59.3 Å². The monoisotopic (exact) mass is 436 g/mol. The number of halogens is 1. The summed E-state index contributed by atoms with van der Waals surface area (Å²) in [5.41, 5.74) is 1.33. The zero-order valence-electron chi connectivity index (χ0n) is 13.5. The Labute approximate surface area is 151 Å². The van der Waals surface area contributed by atoms with Gasteiger partial charge in [0.2, 0.25) is 0 Å². The van der Waals surface area contributed by atoms with Crippen molar-refractivity contribution in [1.29, 1.82) is 0 Å². The van der Waals surface area contributed by atoms with Crippen LogP contribution in [-0.2, 0) is 9.47 Å². The average Bonchev–Trinajstić information content (AvgIpc) is 2.56. The molecule has 2 heterocycles. The molecule has 1 aromatic carbocycles. The van der Waals surface area contributed by atoms with E-state index < -0.39 is 7.56 Å². The summed E-state index contributed by atoms with van der Waals surface area (Å²) in [4.78, 5) is 0. The Bertz CT molecular complexity index is 442. The van der Waals surface area contributed by atoms with Crippen LogP contribution in [0.5, 0.6) is 0 Å². The number of hydrogen-bond acceptors (Lipinski definition) is 4. The minimum absolute atomic E-state index is 0. The van der Waals surface area contributed by atoms with Crippen LogP contribution in [0.25, 0.3) is 0 Å². The predicted molar refractivity (Wildman–Crippen MR) is 88.4 cm³/mol. The maximum atomic E-state index is 5.57. The lowest BCUT2D eigenvalue weighted by Gasteiger charge is -2.43. The number of aryl methyl sites for hydroxylation is 1. The highest BCUT2D eigenvalue weighted by atomic mass is 127. The molecule has 0 radical (unpaired) electrons. The SMILES string of the molecule is Cc1ccc([P+](C)(N2CCOCC2)N2CCOCC2)cc1.[I-]. The Balaban J connectivity index is 0.00000176. The Morgan fingerprint density at radius 1 is 0.818 bits per heavy atom. The summed E-state index contributed by atoms with van der Waals surface area (Å²) in [6, 6.07) is 9.14. The molecule has 124 valence electrons. The van der Waals surface area contributed by atoms with Gasteiger partial charge in [0.1, 0.15) is 5.30 Å². The van der Waals surface area contributed by atoms with Gasteiger partial charge in [0.25, 0.3) is 0 Å². The molecule has 0 N–H and O–H groups in total. The van der Waals surface area contributed by atoms with Gasteiger partial charge >= 0.3 is 0 Å². The standard InChI is InChI=1S/C16H26N2O2P.HI/c1-15-3-5-16(6-4-15)21(2,17-7-11-19-12-8-17)18-9-13-20-14-10-18;/h3-6H,7-14H2,1-2H3;1H/q+1;/p-1. The summed E-state index contributed by atoms with van der Waals surface area (Å²) in [6.07, 6.45) is 0. The molecule has 0 aliphatic carbocycles. The summed E-state index contributed by atoms with van der Waals surface area (Å²) in [5.74, 6) is 0. The van der Waals surface area contributed by atoms with Gasteiger partial charge in [-0.1, -0.05) is 17.7 Å². The minimum atomic E-state index is -1.49. The smallest absolute Gasteiger partial charge is 0.183 e. The zero-order chi connectivity index (χ0) is 14.7. The quantitative estimate of drug-likeness (QED) is 0.438. The van der Waals surface area contributed by atoms with Gasteiger partial charge in [-0.25, -0.2) is 0 Å². The van der Waals surface area contributed by atoms with Crippen LogP contribution >= 0.6 is 7.56 Å². The minimum Gasteiger partial charge on any atom is -1.00 e. The van der Waals surface area contributed by atoms with E-state index in [1.165, 1.54) is 10.9 Å². The molecule has 0 spiro atoms. The summed E-state index contributed by atoms with van der Waals surface area (Å²) in [7, 11) is -1.49. The van der Waals surface area contributed by atoms with Crippen LogP contribution in [0.4, 0.5) is 0 Å². The van der Waals surface area contributed by atoms with E-state index in [1.807, 2.05) is 0 Å². The highest BCUT2D eigenvalue weighted by molar-refractivity contribution is 7.78. The number of morpholine rings is 2. The van der Waals surface area contributed by atoms with Crippen molar-refractivity contribution in [1.82, 2.24) is 9.34 Å². The Morgan fingerprint density at radius 2 is 1.23 bits per heavy atom. The van der Waals surface area contributed by atoms with Crippen molar-refractivity contribution in [3.05, 3.63) is 29.8 Å². The summed E-state index contributed by atoms with van der Waals surface area (Å²) >= 11 is 0. The first kappa shape index (κ1) is 18.6. The van der Waals surface area contributed by atoms with Crippen LogP contribution in [0.1, 0.15) is 5.56 Å². The fourth-order valence-electron chi connectivity index (χ4n) is 3.22. The first-order valence-electron chi connectivity index (χ1n) is 7.81. The molecule has 2 aliphatic rings. The Kier molecular flexibility index (Phi) is 7.05. The number of hydrogen-bond donors (Lipinski definition) is 0. The van der Waals surface area contributed by atoms with Crippen LogP contribution in [0.3, 0.4) is 0 Å². The normalized spacial score (nSPS) is 21.4. The average molecular weight is 436 g/mol. The lowest BCUT2D eigenvalue weighted by Crippen LogP contribution is -3.00. The van der Waals surface area contributed by atoms with Crippen molar-refractivity contribution >= 4 is 12.9 Å². The van der Waals surface area contributed by atoms with Crippen molar-refractivity contribution in [3.8, 4) is 0 Å². The Hall–Kier alpha value is 0.220. The van der Waals surface area contributed by atoms with Crippen LogP contribution in [0.2, 0.25) is 0 Å². The largest absolute Gasteiger partial charge is 1.00 e. The second kappa shape index (κ2) is 8.36. The van der Waals surface area contributed by atoms with Crippen molar-refractivity contribution in [2.45, 2.75) is 6.92 Å². The van der Waals surface area contributed by atoms with Gasteiger partial charge in [0.05, 0.1) is 59.3 Å². The Morgan fingerprint density at radius 3 is 1.64 bits per heavy atom. The van der Waals surface area contributed by atoms with E-state index in [0.29, 0.717) is 0 Å². The van der Waals surface area contributed by atoms with Gasteiger partial charge in [-0.15, -0.1) is 0 Å². The van der Waals surface area contributed by atoms with E-state index in [9.17, 15) is 0 Å². The molecule has 2 saturated heterocycles. The van der Waals surface area contributed by atoms with Gasteiger partial charge in [0.15, 0.2) is 7.56 Å². The highest BCUT2D eigenvalue weighted by Gasteiger charge is 2.49. The molecule has 2 aliphatic heterocycles. The van der Waals surface area contributed by atoms with Crippen molar-refractivity contribution in [3.63, 3.8) is 0 Å². The number of nitrogens with zero attached hydrogens (tertiary/aromatic N) is 2. The molecule has 2 fully saturated rings. The molecular weight excluding hydrogens is 410 g/mol. The molecule has 0 aromatic heterocycles. The van der Waals surface area contributed by atoms with Crippen LogP contribution in [0, 0.1) is 6.92 Å². The molecule has 3 rings (SSSR count). The lowest BCUT2D eigenvalue weighted by atomic mass is 10.2. The van der Waals surface area contributed by atoms with E-state index in [1.54, 1.807) is 0 Å². The third kappa shape index (κ3) is 3.82. The van der Waals surface area contributed by atoms with E-state index in [-0.39, 0.29) is 24.0 Å². The molecule has 0 saturated carbocycles. The highest BCUT2D eigenvalue weighted by Crippen LogP contribution is 2.60. The molecule has 0 atom stereocenters. The molecule has 0 amide bonds. The fraction of sp³-hybridized carbons (Fsp3) is 0.625.